The molecule has 228 valence electrons. The summed E-state index contributed by atoms with van der Waals surface area (Å²) in [5.41, 5.74) is 3.60. The highest BCUT2D eigenvalue weighted by Crippen LogP contribution is 2.28. The second-order valence-corrected chi connectivity index (χ2v) is 10.9. The van der Waals surface area contributed by atoms with Gasteiger partial charge in [-0.25, -0.2) is 8.78 Å². The van der Waals surface area contributed by atoms with Crippen LogP contribution in [0.5, 0.6) is 5.75 Å². The molecule has 4 aromatic rings. The number of aromatic amines is 1. The van der Waals surface area contributed by atoms with Crippen LogP contribution >= 0.6 is 0 Å². The number of carbonyl (C=O) groups is 1. The van der Waals surface area contributed by atoms with E-state index in [2.05, 4.69) is 38.4 Å². The van der Waals surface area contributed by atoms with E-state index in [1.165, 1.54) is 12.1 Å². The van der Waals surface area contributed by atoms with Gasteiger partial charge in [0.1, 0.15) is 24.0 Å². The summed E-state index contributed by atoms with van der Waals surface area (Å²) < 4.78 is 43.8. The molecule has 1 aromatic heterocycles. The molecular weight excluding hydrogens is 556 g/mol. The molecule has 5 rings (SSSR count). The summed E-state index contributed by atoms with van der Waals surface area (Å²) in [6, 6.07) is 14.5. The number of anilines is 2. The quantitative estimate of drug-likeness (QED) is 0.242. The number of hydrogen-bond donors (Lipinski definition) is 2. The largest absolute Gasteiger partial charge is 0.489 e. The number of fused-ring (bicyclic) bond motifs is 1. The van der Waals surface area contributed by atoms with Crippen molar-refractivity contribution in [2.45, 2.75) is 13.0 Å². The minimum absolute atomic E-state index is 0.0210. The molecule has 0 bridgehead atoms. The maximum atomic E-state index is 13.7. The standard InChI is InChI=1S/C32H37F2N5O4/c1-38-8-10-39(11-9-38)26-4-6-28(23(15-26)12-22(18-41-2)19-42-3)32(40)35-31-29-17-27(5-7-30(29)36-37-31)43-20-21-13-24(33)16-25(34)14-21/h4-7,13-17,22H,8-12,18-20H2,1-3H3,(H2,35,36,37,40). The molecule has 43 heavy (non-hydrogen) atoms. The van der Waals surface area contributed by atoms with E-state index in [1.807, 2.05) is 12.1 Å². The van der Waals surface area contributed by atoms with E-state index in [0.29, 0.717) is 53.2 Å². The van der Waals surface area contributed by atoms with Gasteiger partial charge in [0.05, 0.1) is 18.7 Å². The SMILES string of the molecule is COCC(COC)Cc1cc(N2CCN(C)CC2)ccc1C(=O)Nc1n[nH]c2ccc(OCc3cc(F)cc(F)c3)cc12. The zero-order chi connectivity index (χ0) is 30.3. The molecular formula is C32H37F2N5O4. The summed E-state index contributed by atoms with van der Waals surface area (Å²) in [4.78, 5) is 18.4. The van der Waals surface area contributed by atoms with Gasteiger partial charge in [0.2, 0.25) is 0 Å². The number of methoxy groups -OCH3 is 2. The molecule has 0 aliphatic carbocycles. The number of halogens is 2. The third-order valence-electron chi connectivity index (χ3n) is 7.61. The molecule has 0 atom stereocenters. The van der Waals surface area contributed by atoms with E-state index < -0.39 is 11.6 Å². The number of amides is 1. The molecule has 1 fully saturated rings. The Morgan fingerprint density at radius 2 is 1.70 bits per heavy atom. The average molecular weight is 594 g/mol. The van der Waals surface area contributed by atoms with Crippen LogP contribution < -0.4 is 15.0 Å². The van der Waals surface area contributed by atoms with Crippen molar-refractivity contribution in [2.75, 3.05) is 70.9 Å². The second kappa shape index (κ2) is 13.9. The molecule has 2 N–H and O–H groups in total. The fourth-order valence-electron chi connectivity index (χ4n) is 5.39. The Balaban J connectivity index is 1.37. The van der Waals surface area contributed by atoms with Crippen molar-refractivity contribution in [1.29, 1.82) is 0 Å². The average Bonchev–Trinajstić information content (AvgIpc) is 3.38. The first kappa shape index (κ1) is 30.4. The molecule has 1 saturated heterocycles. The van der Waals surface area contributed by atoms with Crippen LogP contribution in [0.3, 0.4) is 0 Å². The first-order valence-corrected chi connectivity index (χ1v) is 14.2. The summed E-state index contributed by atoms with van der Waals surface area (Å²) in [6.07, 6.45) is 0.603. The van der Waals surface area contributed by atoms with Crippen LogP contribution in [0.4, 0.5) is 20.3 Å². The molecule has 0 radical (unpaired) electrons. The molecule has 11 heteroatoms. The van der Waals surface area contributed by atoms with Crippen LogP contribution in [0.1, 0.15) is 21.5 Å². The summed E-state index contributed by atoms with van der Waals surface area (Å²) in [5, 5.41) is 10.9. The Bertz CT molecular complexity index is 1530. The van der Waals surface area contributed by atoms with Gasteiger partial charge in [0.25, 0.3) is 5.91 Å². The van der Waals surface area contributed by atoms with Gasteiger partial charge in [0.15, 0.2) is 5.82 Å². The van der Waals surface area contributed by atoms with Crippen molar-refractivity contribution in [3.05, 3.63) is 82.9 Å². The highest BCUT2D eigenvalue weighted by molar-refractivity contribution is 6.09. The van der Waals surface area contributed by atoms with Gasteiger partial charge in [0, 0.05) is 69.0 Å². The number of aromatic nitrogens is 2. The van der Waals surface area contributed by atoms with Crippen LogP contribution in [0.15, 0.2) is 54.6 Å². The van der Waals surface area contributed by atoms with Gasteiger partial charge in [-0.2, -0.15) is 5.10 Å². The fourth-order valence-corrected chi connectivity index (χ4v) is 5.39. The van der Waals surface area contributed by atoms with Gasteiger partial charge in [-0.1, -0.05) is 0 Å². The van der Waals surface area contributed by atoms with Crippen molar-refractivity contribution in [1.82, 2.24) is 15.1 Å². The summed E-state index contributed by atoms with van der Waals surface area (Å²) in [7, 11) is 5.44. The van der Waals surface area contributed by atoms with Gasteiger partial charge in [-0.3, -0.25) is 9.89 Å². The monoisotopic (exact) mass is 593 g/mol. The molecule has 0 saturated carbocycles. The van der Waals surface area contributed by atoms with Crippen LogP contribution in [0, 0.1) is 17.6 Å². The van der Waals surface area contributed by atoms with E-state index in [9.17, 15) is 13.6 Å². The third-order valence-corrected chi connectivity index (χ3v) is 7.61. The minimum Gasteiger partial charge on any atom is -0.489 e. The first-order chi connectivity index (χ1) is 20.8. The zero-order valence-electron chi connectivity index (χ0n) is 24.7. The third kappa shape index (κ3) is 7.67. The lowest BCUT2D eigenvalue weighted by atomic mass is 9.95. The molecule has 1 amide bonds. The van der Waals surface area contributed by atoms with Crippen molar-refractivity contribution < 1.29 is 27.8 Å². The van der Waals surface area contributed by atoms with E-state index in [0.717, 1.165) is 43.5 Å². The van der Waals surface area contributed by atoms with Crippen molar-refractivity contribution in [2.24, 2.45) is 5.92 Å². The predicted octanol–water partition coefficient (Wildman–Crippen LogP) is 4.88. The van der Waals surface area contributed by atoms with Gasteiger partial charge < -0.3 is 29.3 Å². The highest BCUT2D eigenvalue weighted by atomic mass is 19.1. The lowest BCUT2D eigenvalue weighted by Gasteiger charge is -2.34. The van der Waals surface area contributed by atoms with E-state index >= 15 is 0 Å². The normalized spacial score (nSPS) is 14.0. The van der Waals surface area contributed by atoms with E-state index in [1.54, 1.807) is 32.4 Å². The maximum absolute atomic E-state index is 13.7. The lowest BCUT2D eigenvalue weighted by Crippen LogP contribution is -2.44. The first-order valence-electron chi connectivity index (χ1n) is 14.2. The van der Waals surface area contributed by atoms with Crippen LogP contribution in [-0.4, -0.2) is 81.7 Å². The highest BCUT2D eigenvalue weighted by Gasteiger charge is 2.21. The van der Waals surface area contributed by atoms with Gasteiger partial charge in [-0.15, -0.1) is 0 Å². The number of carbonyl (C=O) groups excluding carboxylic acids is 1. The summed E-state index contributed by atoms with van der Waals surface area (Å²) in [5.74, 6) is -0.735. The van der Waals surface area contributed by atoms with Gasteiger partial charge in [-0.05, 0) is 73.1 Å². The van der Waals surface area contributed by atoms with E-state index in [4.69, 9.17) is 14.2 Å². The van der Waals surface area contributed by atoms with Crippen molar-refractivity contribution in [3.8, 4) is 5.75 Å². The number of hydrogen-bond acceptors (Lipinski definition) is 7. The van der Waals surface area contributed by atoms with E-state index in [-0.39, 0.29) is 18.4 Å². The number of nitrogens with zero attached hydrogens (tertiary/aromatic N) is 3. The fraction of sp³-hybridized carbons (Fsp3) is 0.375. The number of ether oxygens (including phenoxy) is 3. The molecule has 2 heterocycles. The lowest BCUT2D eigenvalue weighted by molar-refractivity contribution is 0.0844. The second-order valence-electron chi connectivity index (χ2n) is 10.9. The molecule has 1 aliphatic heterocycles. The molecule has 9 nitrogen and oxygen atoms in total. The molecule has 1 aliphatic rings. The Kier molecular flexibility index (Phi) is 9.86. The van der Waals surface area contributed by atoms with Gasteiger partial charge >= 0.3 is 0 Å². The van der Waals surface area contributed by atoms with Crippen LogP contribution in [0.2, 0.25) is 0 Å². The number of piperazine rings is 1. The maximum Gasteiger partial charge on any atom is 0.257 e. The number of likely N-dealkylation sites (N-methyl/N-ethyl adjacent to an activating group) is 1. The number of benzene rings is 3. The predicted molar refractivity (Wildman–Crippen MR) is 162 cm³/mol. The van der Waals surface area contributed by atoms with Crippen molar-refractivity contribution in [3.63, 3.8) is 0 Å². The van der Waals surface area contributed by atoms with Crippen LogP contribution in [-0.2, 0) is 22.5 Å². The Morgan fingerprint density at radius 1 is 0.977 bits per heavy atom. The number of H-pyrrole nitrogens is 1. The Morgan fingerprint density at radius 3 is 2.40 bits per heavy atom. The molecule has 0 spiro atoms. The van der Waals surface area contributed by atoms with Crippen molar-refractivity contribution >= 4 is 28.3 Å². The Labute approximate surface area is 249 Å². The minimum atomic E-state index is -0.666. The molecule has 0 unspecified atom stereocenters. The summed E-state index contributed by atoms with van der Waals surface area (Å²) in [6.45, 7) is 4.77. The van der Waals surface area contributed by atoms with Crippen LogP contribution in [0.25, 0.3) is 10.9 Å². The zero-order valence-corrected chi connectivity index (χ0v) is 24.7. The molecule has 3 aromatic carbocycles. The topological polar surface area (TPSA) is 92.0 Å². The smallest absolute Gasteiger partial charge is 0.257 e. The summed E-state index contributed by atoms with van der Waals surface area (Å²) >= 11 is 0. The number of nitrogens with one attached hydrogen (secondary N) is 2. The number of rotatable bonds is 12. The Hall–Kier alpha value is -4.06.